The molecule has 1 aromatic rings. The maximum Gasteiger partial charge on any atom is 0.243 e. The standard InChI is InChI=1S/C12H24N4O2S2/c1-4-13-6-5-7-16-9-12(8-14-16)20(17,18)15-11(2)10-19-3/h8-9,11,13,15H,4-7,10H2,1-3H3. The molecule has 1 atom stereocenters. The van der Waals surface area contributed by atoms with Crippen LogP contribution < -0.4 is 10.0 Å². The van der Waals surface area contributed by atoms with Crippen molar-refractivity contribution in [2.24, 2.45) is 0 Å². The average molecular weight is 320 g/mol. The minimum Gasteiger partial charge on any atom is -0.317 e. The minimum atomic E-state index is -3.46. The number of aryl methyl sites for hydroxylation is 1. The van der Waals surface area contributed by atoms with E-state index in [1.54, 1.807) is 22.6 Å². The van der Waals surface area contributed by atoms with Gasteiger partial charge in [-0.15, -0.1) is 0 Å². The lowest BCUT2D eigenvalue weighted by molar-refractivity contribution is 0.548. The summed E-state index contributed by atoms with van der Waals surface area (Å²) in [5.41, 5.74) is 0. The molecule has 0 amide bonds. The van der Waals surface area contributed by atoms with E-state index >= 15 is 0 Å². The van der Waals surface area contributed by atoms with Crippen molar-refractivity contribution in [1.29, 1.82) is 0 Å². The lowest BCUT2D eigenvalue weighted by Crippen LogP contribution is -2.34. The van der Waals surface area contributed by atoms with Crippen LogP contribution in [-0.2, 0) is 16.6 Å². The number of nitrogens with zero attached hydrogens (tertiary/aromatic N) is 2. The topological polar surface area (TPSA) is 76.0 Å². The van der Waals surface area contributed by atoms with Gasteiger partial charge in [-0.25, -0.2) is 13.1 Å². The molecular weight excluding hydrogens is 296 g/mol. The van der Waals surface area contributed by atoms with Gasteiger partial charge in [-0.1, -0.05) is 6.92 Å². The first-order valence-corrected chi connectivity index (χ1v) is 9.61. The molecule has 20 heavy (non-hydrogen) atoms. The van der Waals surface area contributed by atoms with Crippen LogP contribution in [0, 0.1) is 0 Å². The third-order valence-electron chi connectivity index (χ3n) is 2.68. The molecule has 0 bridgehead atoms. The summed E-state index contributed by atoms with van der Waals surface area (Å²) in [5, 5.41) is 7.32. The van der Waals surface area contributed by atoms with Crippen molar-refractivity contribution in [2.75, 3.05) is 25.1 Å². The lowest BCUT2D eigenvalue weighted by atomic mass is 10.4. The highest BCUT2D eigenvalue weighted by molar-refractivity contribution is 7.98. The lowest BCUT2D eigenvalue weighted by Gasteiger charge is -2.11. The predicted octanol–water partition coefficient (Wildman–Crippen LogP) is 0.913. The molecule has 0 aliphatic heterocycles. The monoisotopic (exact) mass is 320 g/mol. The summed E-state index contributed by atoms with van der Waals surface area (Å²) in [6, 6.07) is -0.0906. The van der Waals surface area contributed by atoms with Crippen molar-refractivity contribution < 1.29 is 8.42 Å². The molecule has 1 heterocycles. The smallest absolute Gasteiger partial charge is 0.243 e. The molecule has 1 rings (SSSR count). The highest BCUT2D eigenvalue weighted by Crippen LogP contribution is 2.09. The Balaban J connectivity index is 2.56. The van der Waals surface area contributed by atoms with E-state index in [2.05, 4.69) is 22.1 Å². The molecule has 0 saturated carbocycles. The van der Waals surface area contributed by atoms with Gasteiger partial charge in [0.2, 0.25) is 10.0 Å². The SMILES string of the molecule is CCNCCCn1cc(S(=O)(=O)NC(C)CSC)cn1. The molecule has 0 aliphatic carbocycles. The fraction of sp³-hybridized carbons (Fsp3) is 0.750. The van der Waals surface area contributed by atoms with Crippen LogP contribution in [0.5, 0.6) is 0 Å². The molecule has 0 spiro atoms. The third-order valence-corrected chi connectivity index (χ3v) is 5.06. The zero-order chi connectivity index (χ0) is 15.0. The molecule has 8 heteroatoms. The number of hydrogen-bond acceptors (Lipinski definition) is 5. The van der Waals surface area contributed by atoms with Gasteiger partial charge >= 0.3 is 0 Å². The molecule has 6 nitrogen and oxygen atoms in total. The van der Waals surface area contributed by atoms with Crippen LogP contribution in [0.15, 0.2) is 17.3 Å². The molecule has 2 N–H and O–H groups in total. The van der Waals surface area contributed by atoms with E-state index < -0.39 is 10.0 Å². The maximum atomic E-state index is 12.1. The summed E-state index contributed by atoms with van der Waals surface area (Å²) in [5.74, 6) is 0.746. The first-order valence-electron chi connectivity index (χ1n) is 6.74. The largest absolute Gasteiger partial charge is 0.317 e. The number of sulfonamides is 1. The van der Waals surface area contributed by atoms with Crippen molar-refractivity contribution in [2.45, 2.75) is 37.8 Å². The number of rotatable bonds is 10. The first-order chi connectivity index (χ1) is 9.49. The van der Waals surface area contributed by atoms with Gasteiger partial charge in [0.15, 0.2) is 0 Å². The van der Waals surface area contributed by atoms with Crippen LogP contribution in [0.3, 0.4) is 0 Å². The molecule has 0 fully saturated rings. The second-order valence-corrected chi connectivity index (χ2v) is 7.25. The zero-order valence-corrected chi connectivity index (χ0v) is 13.9. The molecule has 116 valence electrons. The molecular formula is C12H24N4O2S2. The summed E-state index contributed by atoms with van der Waals surface area (Å²) in [7, 11) is -3.46. The van der Waals surface area contributed by atoms with E-state index in [4.69, 9.17) is 0 Å². The van der Waals surface area contributed by atoms with Gasteiger partial charge in [-0.05, 0) is 32.7 Å². The Morgan fingerprint density at radius 2 is 2.25 bits per heavy atom. The Bertz CT molecular complexity index is 487. The summed E-state index contributed by atoms with van der Waals surface area (Å²) >= 11 is 1.61. The summed E-state index contributed by atoms with van der Waals surface area (Å²) in [6.45, 7) is 6.47. The van der Waals surface area contributed by atoms with Crippen LogP contribution in [0.2, 0.25) is 0 Å². The first kappa shape index (κ1) is 17.5. The van der Waals surface area contributed by atoms with Crippen LogP contribution >= 0.6 is 11.8 Å². The number of thioether (sulfide) groups is 1. The highest BCUT2D eigenvalue weighted by atomic mass is 32.2. The van der Waals surface area contributed by atoms with Crippen molar-refractivity contribution in [3.05, 3.63) is 12.4 Å². The second kappa shape index (κ2) is 8.66. The van der Waals surface area contributed by atoms with Gasteiger partial charge < -0.3 is 5.32 Å². The Hall–Kier alpha value is -0.570. The van der Waals surface area contributed by atoms with Gasteiger partial charge in [0.25, 0.3) is 0 Å². The van der Waals surface area contributed by atoms with E-state index in [9.17, 15) is 8.42 Å². The van der Waals surface area contributed by atoms with Crippen LogP contribution in [0.1, 0.15) is 20.3 Å². The summed E-state index contributed by atoms with van der Waals surface area (Å²) < 4.78 is 28.6. The Morgan fingerprint density at radius 1 is 1.50 bits per heavy atom. The maximum absolute atomic E-state index is 12.1. The van der Waals surface area contributed by atoms with Crippen molar-refractivity contribution >= 4 is 21.8 Å². The van der Waals surface area contributed by atoms with Gasteiger partial charge in [0.1, 0.15) is 4.90 Å². The van der Waals surface area contributed by atoms with Gasteiger partial charge in [-0.3, -0.25) is 4.68 Å². The third kappa shape index (κ3) is 5.82. The number of hydrogen-bond donors (Lipinski definition) is 2. The number of nitrogens with one attached hydrogen (secondary N) is 2. The fourth-order valence-electron chi connectivity index (χ4n) is 1.77. The Labute approximate surface area is 125 Å². The van der Waals surface area contributed by atoms with E-state index in [0.29, 0.717) is 6.54 Å². The van der Waals surface area contributed by atoms with E-state index in [0.717, 1.165) is 25.3 Å². The van der Waals surface area contributed by atoms with Crippen molar-refractivity contribution in [1.82, 2.24) is 19.8 Å². The van der Waals surface area contributed by atoms with Gasteiger partial charge in [-0.2, -0.15) is 16.9 Å². The molecule has 0 aliphatic rings. The quantitative estimate of drug-likeness (QED) is 0.627. The Morgan fingerprint density at radius 3 is 2.90 bits per heavy atom. The summed E-state index contributed by atoms with van der Waals surface area (Å²) in [4.78, 5) is 0.230. The Kier molecular flexibility index (Phi) is 7.57. The van der Waals surface area contributed by atoms with Crippen LogP contribution in [-0.4, -0.2) is 49.3 Å². The van der Waals surface area contributed by atoms with Crippen molar-refractivity contribution in [3.63, 3.8) is 0 Å². The summed E-state index contributed by atoms with van der Waals surface area (Å²) in [6.07, 6.45) is 5.86. The molecule has 1 unspecified atom stereocenters. The second-order valence-electron chi connectivity index (χ2n) is 4.62. The zero-order valence-electron chi connectivity index (χ0n) is 12.3. The van der Waals surface area contributed by atoms with Gasteiger partial charge in [0, 0.05) is 24.5 Å². The van der Waals surface area contributed by atoms with E-state index in [1.165, 1.54) is 6.20 Å². The molecule has 0 radical (unpaired) electrons. The normalized spacial score (nSPS) is 13.6. The van der Waals surface area contributed by atoms with Crippen molar-refractivity contribution in [3.8, 4) is 0 Å². The number of aromatic nitrogens is 2. The highest BCUT2D eigenvalue weighted by Gasteiger charge is 2.18. The van der Waals surface area contributed by atoms with Crippen LogP contribution in [0.25, 0.3) is 0 Å². The predicted molar refractivity (Wildman–Crippen MR) is 83.6 cm³/mol. The van der Waals surface area contributed by atoms with E-state index in [1.807, 2.05) is 13.2 Å². The molecule has 0 saturated heterocycles. The van der Waals surface area contributed by atoms with Gasteiger partial charge in [0.05, 0.1) is 6.20 Å². The van der Waals surface area contributed by atoms with Crippen LogP contribution in [0.4, 0.5) is 0 Å². The fourth-order valence-corrected chi connectivity index (χ4v) is 3.65. The molecule has 0 aromatic carbocycles. The molecule has 1 aromatic heterocycles. The van der Waals surface area contributed by atoms with E-state index in [-0.39, 0.29) is 10.9 Å². The average Bonchev–Trinajstić information content (AvgIpc) is 2.84. The minimum absolute atomic E-state index is 0.0906.